The first-order valence-electron chi connectivity index (χ1n) is 6.22. The van der Waals surface area contributed by atoms with Crippen LogP contribution in [-0.4, -0.2) is 22.5 Å². The van der Waals surface area contributed by atoms with E-state index in [2.05, 4.69) is 0 Å². The van der Waals surface area contributed by atoms with E-state index in [1.165, 1.54) is 19.9 Å². The van der Waals surface area contributed by atoms with Gasteiger partial charge in [0.05, 0.1) is 5.56 Å². The Labute approximate surface area is 113 Å². The van der Waals surface area contributed by atoms with Gasteiger partial charge in [0.25, 0.3) is 0 Å². The highest BCUT2D eigenvalue weighted by Gasteiger charge is 2.04. The van der Waals surface area contributed by atoms with Crippen molar-refractivity contribution < 1.29 is 19.5 Å². The molecule has 1 aromatic rings. The van der Waals surface area contributed by atoms with E-state index in [0.29, 0.717) is 12.0 Å². The molecular formula is C15H20O4. The molecule has 0 bridgehead atoms. The van der Waals surface area contributed by atoms with Gasteiger partial charge in [-0.05, 0) is 25.5 Å². The number of aromatic hydroxyl groups is 1. The van der Waals surface area contributed by atoms with Gasteiger partial charge in [-0.15, -0.1) is 0 Å². The molecule has 0 radical (unpaired) electrons. The average molecular weight is 264 g/mol. The fourth-order valence-corrected chi connectivity index (χ4v) is 1.28. The van der Waals surface area contributed by atoms with Crippen LogP contribution in [0.15, 0.2) is 24.3 Å². The number of phenolic OH excluding ortho intramolecular Hbond substituents is 1. The van der Waals surface area contributed by atoms with Crippen LogP contribution in [0.4, 0.5) is 0 Å². The molecule has 104 valence electrons. The molecule has 19 heavy (non-hydrogen) atoms. The van der Waals surface area contributed by atoms with Crippen molar-refractivity contribution in [3.8, 4) is 5.75 Å². The van der Waals surface area contributed by atoms with Gasteiger partial charge in [0.15, 0.2) is 17.3 Å². The number of para-hydroxylation sites is 1. The molecule has 0 atom stereocenters. The van der Waals surface area contributed by atoms with Crippen molar-refractivity contribution in [1.29, 1.82) is 0 Å². The quantitative estimate of drug-likeness (QED) is 0.655. The van der Waals surface area contributed by atoms with E-state index in [-0.39, 0.29) is 23.1 Å². The first-order valence-corrected chi connectivity index (χ1v) is 6.22. The molecule has 0 aromatic heterocycles. The van der Waals surface area contributed by atoms with Gasteiger partial charge in [-0.2, -0.15) is 0 Å². The van der Waals surface area contributed by atoms with E-state index in [4.69, 9.17) is 5.11 Å². The van der Waals surface area contributed by atoms with E-state index in [1.807, 2.05) is 6.92 Å². The van der Waals surface area contributed by atoms with Crippen LogP contribution in [0.3, 0.4) is 0 Å². The van der Waals surface area contributed by atoms with Gasteiger partial charge in [-0.3, -0.25) is 14.4 Å². The van der Waals surface area contributed by atoms with Gasteiger partial charge in [-0.25, -0.2) is 0 Å². The zero-order chi connectivity index (χ0) is 14.8. The SMILES string of the molecule is CC(=O)c1ccccc1O.CCCCC(=O)C(C)=O. The molecule has 0 saturated heterocycles. The number of rotatable bonds is 5. The summed E-state index contributed by atoms with van der Waals surface area (Å²) in [7, 11) is 0. The number of ketones is 3. The molecule has 4 heteroatoms. The van der Waals surface area contributed by atoms with Gasteiger partial charge in [0.2, 0.25) is 0 Å². The Morgan fingerprint density at radius 1 is 1.11 bits per heavy atom. The molecule has 0 aliphatic heterocycles. The summed E-state index contributed by atoms with van der Waals surface area (Å²) in [5.41, 5.74) is 0.377. The zero-order valence-electron chi connectivity index (χ0n) is 11.6. The first kappa shape index (κ1) is 17.0. The molecule has 4 nitrogen and oxygen atoms in total. The molecule has 0 amide bonds. The number of Topliss-reactive ketones (excluding diaryl/α,β-unsaturated/α-hetero) is 3. The molecule has 1 aromatic carbocycles. The van der Waals surface area contributed by atoms with Gasteiger partial charge in [-0.1, -0.05) is 25.5 Å². The fourth-order valence-electron chi connectivity index (χ4n) is 1.28. The van der Waals surface area contributed by atoms with E-state index in [9.17, 15) is 14.4 Å². The second kappa shape index (κ2) is 9.03. The smallest absolute Gasteiger partial charge is 0.198 e. The van der Waals surface area contributed by atoms with Crippen LogP contribution in [0.1, 0.15) is 50.4 Å². The van der Waals surface area contributed by atoms with Crippen LogP contribution in [0.5, 0.6) is 5.75 Å². The summed E-state index contributed by atoms with van der Waals surface area (Å²) >= 11 is 0. The molecule has 0 aliphatic carbocycles. The third-order valence-corrected chi connectivity index (χ3v) is 2.43. The zero-order valence-corrected chi connectivity index (χ0v) is 11.6. The van der Waals surface area contributed by atoms with Crippen LogP contribution in [0.2, 0.25) is 0 Å². The average Bonchev–Trinajstić information content (AvgIpc) is 2.36. The number of carbonyl (C=O) groups excluding carboxylic acids is 3. The highest BCUT2D eigenvalue weighted by molar-refractivity contribution is 6.36. The van der Waals surface area contributed by atoms with Crippen LogP contribution < -0.4 is 0 Å². The second-order valence-electron chi connectivity index (χ2n) is 4.16. The fraction of sp³-hybridized carbons (Fsp3) is 0.400. The Kier molecular flexibility index (Phi) is 8.09. The summed E-state index contributed by atoms with van der Waals surface area (Å²) in [6, 6.07) is 6.49. The Balaban J connectivity index is 0.000000344. The number of phenols is 1. The van der Waals surface area contributed by atoms with Crippen molar-refractivity contribution >= 4 is 17.3 Å². The van der Waals surface area contributed by atoms with Crippen molar-refractivity contribution in [2.75, 3.05) is 0 Å². The maximum atomic E-state index is 10.7. The number of benzene rings is 1. The van der Waals surface area contributed by atoms with E-state index >= 15 is 0 Å². The number of carbonyl (C=O) groups is 3. The third-order valence-electron chi connectivity index (χ3n) is 2.43. The maximum absolute atomic E-state index is 10.7. The number of unbranched alkanes of at least 4 members (excludes halogenated alkanes) is 1. The molecule has 1 N–H and O–H groups in total. The summed E-state index contributed by atoms with van der Waals surface area (Å²) in [6.07, 6.45) is 2.23. The molecular weight excluding hydrogens is 244 g/mol. The van der Waals surface area contributed by atoms with Crippen molar-refractivity contribution in [2.45, 2.75) is 40.0 Å². The monoisotopic (exact) mass is 264 g/mol. The Bertz CT molecular complexity index is 449. The molecule has 1 rings (SSSR count). The molecule has 0 spiro atoms. The summed E-state index contributed by atoms with van der Waals surface area (Å²) in [4.78, 5) is 31.6. The number of hydrogen-bond acceptors (Lipinski definition) is 4. The van der Waals surface area contributed by atoms with Crippen LogP contribution in [-0.2, 0) is 9.59 Å². The molecule has 0 heterocycles. The van der Waals surface area contributed by atoms with Gasteiger partial charge >= 0.3 is 0 Å². The molecule has 0 fully saturated rings. The van der Waals surface area contributed by atoms with Gasteiger partial charge in [0, 0.05) is 13.3 Å². The van der Waals surface area contributed by atoms with E-state index in [1.54, 1.807) is 18.2 Å². The summed E-state index contributed by atoms with van der Waals surface area (Å²) in [6.45, 7) is 4.74. The standard InChI is InChI=1S/C8H8O2.C7H12O2/c1-6(9)7-4-2-3-5-8(7)10;1-3-4-5-7(9)6(2)8/h2-5,10H,1H3;3-5H2,1-2H3. The highest BCUT2D eigenvalue weighted by atomic mass is 16.3. The predicted molar refractivity (Wildman–Crippen MR) is 73.3 cm³/mol. The lowest BCUT2D eigenvalue weighted by Crippen LogP contribution is -2.08. The lowest BCUT2D eigenvalue weighted by atomic mass is 10.1. The molecule has 0 aliphatic rings. The predicted octanol–water partition coefficient (Wildman–Crippen LogP) is 2.93. The third kappa shape index (κ3) is 7.13. The second-order valence-corrected chi connectivity index (χ2v) is 4.16. The minimum atomic E-state index is -0.316. The maximum Gasteiger partial charge on any atom is 0.198 e. The Hall–Kier alpha value is -1.97. The lowest BCUT2D eigenvalue weighted by molar-refractivity contribution is -0.135. The van der Waals surface area contributed by atoms with Crippen molar-refractivity contribution in [3.63, 3.8) is 0 Å². The molecule has 0 unspecified atom stereocenters. The van der Waals surface area contributed by atoms with Crippen molar-refractivity contribution in [1.82, 2.24) is 0 Å². The van der Waals surface area contributed by atoms with Crippen molar-refractivity contribution in [2.24, 2.45) is 0 Å². The largest absolute Gasteiger partial charge is 0.507 e. The minimum Gasteiger partial charge on any atom is -0.507 e. The van der Waals surface area contributed by atoms with Gasteiger partial charge in [0.1, 0.15) is 5.75 Å². The van der Waals surface area contributed by atoms with Gasteiger partial charge < -0.3 is 5.11 Å². The van der Waals surface area contributed by atoms with Crippen LogP contribution >= 0.6 is 0 Å². The lowest BCUT2D eigenvalue weighted by Gasteiger charge is -1.96. The summed E-state index contributed by atoms with van der Waals surface area (Å²) in [5.74, 6) is -0.617. The summed E-state index contributed by atoms with van der Waals surface area (Å²) in [5, 5.41) is 9.06. The van der Waals surface area contributed by atoms with E-state index < -0.39 is 0 Å². The topological polar surface area (TPSA) is 71.4 Å². The highest BCUT2D eigenvalue weighted by Crippen LogP contribution is 2.15. The Morgan fingerprint density at radius 3 is 2.05 bits per heavy atom. The molecule has 0 saturated carbocycles. The van der Waals surface area contributed by atoms with Crippen LogP contribution in [0, 0.1) is 0 Å². The van der Waals surface area contributed by atoms with Crippen molar-refractivity contribution in [3.05, 3.63) is 29.8 Å². The Morgan fingerprint density at radius 2 is 1.68 bits per heavy atom. The normalized spacial score (nSPS) is 9.21. The van der Waals surface area contributed by atoms with E-state index in [0.717, 1.165) is 12.8 Å². The summed E-state index contributed by atoms with van der Waals surface area (Å²) < 4.78 is 0. The minimum absolute atomic E-state index is 0.0509. The van der Waals surface area contributed by atoms with Crippen LogP contribution in [0.25, 0.3) is 0 Å². The first-order chi connectivity index (χ1) is 8.90. The number of hydrogen-bond donors (Lipinski definition) is 1.